The van der Waals surface area contributed by atoms with Crippen molar-refractivity contribution in [2.24, 2.45) is 5.73 Å². The molecule has 0 saturated heterocycles. The van der Waals surface area contributed by atoms with Gasteiger partial charge in [-0.2, -0.15) is 0 Å². The SMILES string of the molecule is Cc1ccc(F)c(C(=O)NCC2(N)CCCCC2)c1. The Hall–Kier alpha value is -1.42. The van der Waals surface area contributed by atoms with Gasteiger partial charge in [0.05, 0.1) is 5.56 Å². The summed E-state index contributed by atoms with van der Waals surface area (Å²) in [7, 11) is 0. The molecule has 0 aromatic heterocycles. The van der Waals surface area contributed by atoms with Crippen LogP contribution in [0.3, 0.4) is 0 Å². The van der Waals surface area contributed by atoms with Crippen molar-refractivity contribution >= 4 is 5.91 Å². The van der Waals surface area contributed by atoms with Crippen LogP contribution in [0.1, 0.15) is 48.0 Å². The Kier molecular flexibility index (Phi) is 4.20. The van der Waals surface area contributed by atoms with Crippen molar-refractivity contribution in [3.8, 4) is 0 Å². The van der Waals surface area contributed by atoms with E-state index in [0.29, 0.717) is 6.54 Å². The molecule has 104 valence electrons. The lowest BCUT2D eigenvalue weighted by Gasteiger charge is -2.33. The van der Waals surface area contributed by atoms with Crippen molar-refractivity contribution in [3.63, 3.8) is 0 Å². The number of rotatable bonds is 3. The molecule has 0 atom stereocenters. The first-order valence-electron chi connectivity index (χ1n) is 6.83. The fraction of sp³-hybridized carbons (Fsp3) is 0.533. The van der Waals surface area contributed by atoms with Crippen molar-refractivity contribution < 1.29 is 9.18 Å². The molecular weight excluding hydrogens is 243 g/mol. The standard InChI is InChI=1S/C15H21FN2O/c1-11-5-6-13(16)12(9-11)14(19)18-10-15(17)7-3-2-4-8-15/h5-6,9H,2-4,7-8,10,17H2,1H3,(H,18,19). The number of hydrogen-bond acceptors (Lipinski definition) is 2. The van der Waals surface area contributed by atoms with E-state index in [2.05, 4.69) is 5.32 Å². The number of carbonyl (C=O) groups excluding carboxylic acids is 1. The second-order valence-corrected chi connectivity index (χ2v) is 5.59. The highest BCUT2D eigenvalue weighted by atomic mass is 19.1. The van der Waals surface area contributed by atoms with Gasteiger partial charge in [0.1, 0.15) is 5.82 Å². The van der Waals surface area contributed by atoms with E-state index in [0.717, 1.165) is 31.2 Å². The maximum atomic E-state index is 13.6. The maximum absolute atomic E-state index is 13.6. The van der Waals surface area contributed by atoms with Gasteiger partial charge in [0, 0.05) is 12.1 Å². The molecule has 0 unspecified atom stereocenters. The topological polar surface area (TPSA) is 55.1 Å². The largest absolute Gasteiger partial charge is 0.350 e. The van der Waals surface area contributed by atoms with Gasteiger partial charge in [-0.3, -0.25) is 4.79 Å². The zero-order chi connectivity index (χ0) is 13.9. The maximum Gasteiger partial charge on any atom is 0.254 e. The summed E-state index contributed by atoms with van der Waals surface area (Å²) in [6.07, 6.45) is 5.25. The number of halogens is 1. The van der Waals surface area contributed by atoms with E-state index < -0.39 is 5.82 Å². The smallest absolute Gasteiger partial charge is 0.254 e. The molecule has 3 N–H and O–H groups in total. The summed E-state index contributed by atoms with van der Waals surface area (Å²) in [5, 5.41) is 2.77. The Morgan fingerprint density at radius 2 is 2.05 bits per heavy atom. The van der Waals surface area contributed by atoms with Crippen LogP contribution in [0.2, 0.25) is 0 Å². The molecule has 1 aliphatic rings. The first-order chi connectivity index (χ1) is 9.00. The molecule has 1 fully saturated rings. The van der Waals surface area contributed by atoms with Crippen LogP contribution in [0.25, 0.3) is 0 Å². The number of aryl methyl sites for hydroxylation is 1. The van der Waals surface area contributed by atoms with E-state index in [1.54, 1.807) is 12.1 Å². The third kappa shape index (κ3) is 3.53. The average Bonchev–Trinajstić information content (AvgIpc) is 2.40. The summed E-state index contributed by atoms with van der Waals surface area (Å²) in [6, 6.07) is 4.54. The highest BCUT2D eigenvalue weighted by Crippen LogP contribution is 2.25. The van der Waals surface area contributed by atoms with Crippen molar-refractivity contribution in [1.29, 1.82) is 0 Å². The fourth-order valence-corrected chi connectivity index (χ4v) is 2.60. The Morgan fingerprint density at radius 3 is 2.74 bits per heavy atom. The van der Waals surface area contributed by atoms with Crippen LogP contribution in [0, 0.1) is 12.7 Å². The molecule has 0 aliphatic heterocycles. The summed E-state index contributed by atoms with van der Waals surface area (Å²) in [5.74, 6) is -0.866. The minimum absolute atomic E-state index is 0.0967. The van der Waals surface area contributed by atoms with Crippen LogP contribution in [0.15, 0.2) is 18.2 Å². The second kappa shape index (κ2) is 5.70. The van der Waals surface area contributed by atoms with Crippen molar-refractivity contribution in [2.75, 3.05) is 6.54 Å². The van der Waals surface area contributed by atoms with Gasteiger partial charge >= 0.3 is 0 Å². The Balaban J connectivity index is 1.99. The summed E-state index contributed by atoms with van der Waals surface area (Å²) in [6.45, 7) is 2.25. The van der Waals surface area contributed by atoms with Gasteiger partial charge in [-0.15, -0.1) is 0 Å². The van der Waals surface area contributed by atoms with E-state index >= 15 is 0 Å². The summed E-state index contributed by atoms with van der Waals surface area (Å²) < 4.78 is 13.6. The van der Waals surface area contributed by atoms with E-state index in [4.69, 9.17) is 5.73 Å². The summed E-state index contributed by atoms with van der Waals surface area (Å²) in [5.41, 5.74) is 6.88. The predicted octanol–water partition coefficient (Wildman–Crippen LogP) is 2.53. The van der Waals surface area contributed by atoms with Gasteiger partial charge in [-0.25, -0.2) is 4.39 Å². The zero-order valence-electron chi connectivity index (χ0n) is 11.3. The monoisotopic (exact) mass is 264 g/mol. The third-order valence-corrected chi connectivity index (χ3v) is 3.82. The highest BCUT2D eigenvalue weighted by molar-refractivity contribution is 5.94. The molecule has 0 spiro atoms. The number of nitrogens with one attached hydrogen (secondary N) is 1. The van der Waals surface area contributed by atoms with Crippen molar-refractivity contribution in [1.82, 2.24) is 5.32 Å². The van der Waals surface area contributed by atoms with E-state index in [-0.39, 0.29) is 17.0 Å². The molecule has 4 heteroatoms. The van der Waals surface area contributed by atoms with Gasteiger partial charge in [-0.05, 0) is 31.9 Å². The van der Waals surface area contributed by atoms with Gasteiger partial charge in [0.25, 0.3) is 5.91 Å². The van der Waals surface area contributed by atoms with Crippen LogP contribution in [-0.2, 0) is 0 Å². The fourth-order valence-electron chi connectivity index (χ4n) is 2.60. The first kappa shape index (κ1) is 14.0. The van der Waals surface area contributed by atoms with Gasteiger partial charge < -0.3 is 11.1 Å². The molecular formula is C15H21FN2O. The minimum atomic E-state index is -0.488. The van der Waals surface area contributed by atoms with E-state index in [9.17, 15) is 9.18 Å². The van der Waals surface area contributed by atoms with Crippen LogP contribution >= 0.6 is 0 Å². The number of benzene rings is 1. The van der Waals surface area contributed by atoms with E-state index in [1.807, 2.05) is 6.92 Å². The lowest BCUT2D eigenvalue weighted by molar-refractivity contribution is 0.0933. The molecule has 1 saturated carbocycles. The lowest BCUT2D eigenvalue weighted by atomic mass is 9.82. The molecule has 1 amide bonds. The molecule has 3 nitrogen and oxygen atoms in total. The predicted molar refractivity (Wildman–Crippen MR) is 73.5 cm³/mol. The molecule has 1 aliphatic carbocycles. The number of amides is 1. The molecule has 1 aromatic rings. The number of carbonyl (C=O) groups is 1. The minimum Gasteiger partial charge on any atom is -0.350 e. The van der Waals surface area contributed by atoms with Gasteiger partial charge in [0.2, 0.25) is 0 Å². The molecule has 1 aromatic carbocycles. The zero-order valence-corrected chi connectivity index (χ0v) is 11.3. The normalized spacial score (nSPS) is 18.1. The first-order valence-corrected chi connectivity index (χ1v) is 6.83. The molecule has 0 radical (unpaired) electrons. The summed E-state index contributed by atoms with van der Waals surface area (Å²) in [4.78, 5) is 12.0. The molecule has 0 heterocycles. The molecule has 0 bridgehead atoms. The van der Waals surface area contributed by atoms with Gasteiger partial charge in [0.15, 0.2) is 0 Å². The highest BCUT2D eigenvalue weighted by Gasteiger charge is 2.28. The molecule has 2 rings (SSSR count). The van der Waals surface area contributed by atoms with Crippen molar-refractivity contribution in [3.05, 3.63) is 35.1 Å². The van der Waals surface area contributed by atoms with Crippen molar-refractivity contribution in [2.45, 2.75) is 44.6 Å². The van der Waals surface area contributed by atoms with Crippen LogP contribution in [0.4, 0.5) is 4.39 Å². The summed E-state index contributed by atoms with van der Waals surface area (Å²) >= 11 is 0. The Labute approximate surface area is 113 Å². The van der Waals surface area contributed by atoms with E-state index in [1.165, 1.54) is 12.5 Å². The quantitative estimate of drug-likeness (QED) is 0.881. The Morgan fingerprint density at radius 1 is 1.37 bits per heavy atom. The molecule has 19 heavy (non-hydrogen) atoms. The number of nitrogens with two attached hydrogens (primary N) is 1. The Bertz CT molecular complexity index is 467. The average molecular weight is 264 g/mol. The second-order valence-electron chi connectivity index (χ2n) is 5.59. The van der Waals surface area contributed by atoms with Crippen LogP contribution in [0.5, 0.6) is 0 Å². The van der Waals surface area contributed by atoms with Gasteiger partial charge in [-0.1, -0.05) is 30.9 Å². The van der Waals surface area contributed by atoms with Crippen LogP contribution in [-0.4, -0.2) is 18.0 Å². The van der Waals surface area contributed by atoms with Crippen LogP contribution < -0.4 is 11.1 Å². The third-order valence-electron chi connectivity index (χ3n) is 3.82. The lowest BCUT2D eigenvalue weighted by Crippen LogP contribution is -2.51. The number of hydrogen-bond donors (Lipinski definition) is 2.